The summed E-state index contributed by atoms with van der Waals surface area (Å²) in [5.41, 5.74) is 0.879. The van der Waals surface area contributed by atoms with Crippen molar-refractivity contribution in [1.82, 2.24) is 9.88 Å². The number of likely N-dealkylation sites (tertiary alicyclic amines) is 1. The third kappa shape index (κ3) is 3.81. The summed E-state index contributed by atoms with van der Waals surface area (Å²) in [6.45, 7) is 3.98. The van der Waals surface area contributed by atoms with Gasteiger partial charge in [-0.05, 0) is 31.5 Å². The Morgan fingerprint density at radius 1 is 1.24 bits per heavy atom. The van der Waals surface area contributed by atoms with Gasteiger partial charge in [0.15, 0.2) is 0 Å². The molecule has 1 aromatic heterocycles. The third-order valence-electron chi connectivity index (χ3n) is 3.72. The van der Waals surface area contributed by atoms with Crippen molar-refractivity contribution in [2.24, 2.45) is 0 Å². The quantitative estimate of drug-likeness (QED) is 0.891. The summed E-state index contributed by atoms with van der Waals surface area (Å²) in [5, 5.41) is 10.9. The molecule has 2 aromatic rings. The summed E-state index contributed by atoms with van der Waals surface area (Å²) in [6.07, 6.45) is 3.67. The van der Waals surface area contributed by atoms with Gasteiger partial charge in [-0.1, -0.05) is 41.7 Å². The molecule has 3 rings (SSSR count). The standard InChI is InChI=1S/C16H20N2O2S/c19-15(13-6-2-1-3-7-13)14-12-17-16(21-14)20-11-10-18-8-4-5-9-18/h1-3,6-7,12,15,19H,4-5,8-11H2. The van der Waals surface area contributed by atoms with Gasteiger partial charge >= 0.3 is 0 Å². The molecule has 0 radical (unpaired) electrons. The van der Waals surface area contributed by atoms with Crippen LogP contribution in [-0.2, 0) is 0 Å². The van der Waals surface area contributed by atoms with Crippen LogP contribution < -0.4 is 4.74 Å². The minimum absolute atomic E-state index is 0.625. The normalized spacial score (nSPS) is 17.0. The first kappa shape index (κ1) is 14.5. The number of ether oxygens (including phenoxy) is 1. The number of aliphatic hydroxyl groups is 1. The molecule has 1 aliphatic rings. The van der Waals surface area contributed by atoms with Crippen LogP contribution in [0.1, 0.15) is 29.4 Å². The summed E-state index contributed by atoms with van der Waals surface area (Å²) in [5.74, 6) is 0. The zero-order valence-electron chi connectivity index (χ0n) is 11.9. The predicted molar refractivity (Wildman–Crippen MR) is 83.8 cm³/mol. The first-order valence-corrected chi connectivity index (χ1v) is 8.18. The first-order valence-electron chi connectivity index (χ1n) is 7.37. The minimum atomic E-state index is -0.625. The van der Waals surface area contributed by atoms with Gasteiger partial charge in [0.2, 0.25) is 0 Å². The van der Waals surface area contributed by atoms with Crippen molar-refractivity contribution in [2.45, 2.75) is 18.9 Å². The molecule has 21 heavy (non-hydrogen) atoms. The van der Waals surface area contributed by atoms with Gasteiger partial charge in [0.1, 0.15) is 12.7 Å². The van der Waals surface area contributed by atoms with Gasteiger partial charge < -0.3 is 9.84 Å². The summed E-state index contributed by atoms with van der Waals surface area (Å²) in [7, 11) is 0. The number of aliphatic hydroxyl groups excluding tert-OH is 1. The molecule has 112 valence electrons. The molecule has 5 heteroatoms. The van der Waals surface area contributed by atoms with Crippen molar-refractivity contribution in [3.63, 3.8) is 0 Å². The van der Waals surface area contributed by atoms with Crippen molar-refractivity contribution in [3.05, 3.63) is 47.0 Å². The number of benzene rings is 1. The zero-order valence-corrected chi connectivity index (χ0v) is 12.8. The molecule has 0 saturated carbocycles. The molecule has 1 fully saturated rings. The van der Waals surface area contributed by atoms with Crippen LogP contribution in [0.2, 0.25) is 0 Å². The maximum Gasteiger partial charge on any atom is 0.273 e. The fourth-order valence-corrected chi connectivity index (χ4v) is 3.33. The zero-order chi connectivity index (χ0) is 14.5. The Balaban J connectivity index is 1.53. The Hall–Kier alpha value is -1.43. The average molecular weight is 304 g/mol. The van der Waals surface area contributed by atoms with Crippen molar-refractivity contribution < 1.29 is 9.84 Å². The molecule has 4 nitrogen and oxygen atoms in total. The maximum atomic E-state index is 10.3. The lowest BCUT2D eigenvalue weighted by Crippen LogP contribution is -2.24. The molecular formula is C16H20N2O2S. The summed E-state index contributed by atoms with van der Waals surface area (Å²) >= 11 is 1.42. The Bertz CT molecular complexity index is 552. The van der Waals surface area contributed by atoms with Crippen LogP contribution in [-0.4, -0.2) is 41.2 Å². The first-order chi connectivity index (χ1) is 10.3. The second-order valence-corrected chi connectivity index (χ2v) is 6.26. The molecule has 0 spiro atoms. The Morgan fingerprint density at radius 3 is 2.76 bits per heavy atom. The molecule has 1 saturated heterocycles. The van der Waals surface area contributed by atoms with Crippen LogP contribution in [0.25, 0.3) is 0 Å². The van der Waals surface area contributed by atoms with Gasteiger partial charge in [-0.25, -0.2) is 4.98 Å². The molecule has 1 N–H and O–H groups in total. The second kappa shape index (κ2) is 7.02. The number of nitrogens with zero attached hydrogens (tertiary/aromatic N) is 2. The Kier molecular flexibility index (Phi) is 4.85. The summed E-state index contributed by atoms with van der Waals surface area (Å²) < 4.78 is 5.69. The predicted octanol–water partition coefficient (Wildman–Crippen LogP) is 2.70. The number of thiazole rings is 1. The lowest BCUT2D eigenvalue weighted by atomic mass is 10.1. The van der Waals surface area contributed by atoms with Crippen LogP contribution in [0, 0.1) is 0 Å². The highest BCUT2D eigenvalue weighted by Gasteiger charge is 2.15. The topological polar surface area (TPSA) is 45.6 Å². The third-order valence-corrected chi connectivity index (χ3v) is 4.68. The van der Waals surface area contributed by atoms with E-state index in [1.165, 1.54) is 37.3 Å². The van der Waals surface area contributed by atoms with E-state index in [-0.39, 0.29) is 0 Å². The van der Waals surface area contributed by atoms with Crippen molar-refractivity contribution >= 4 is 11.3 Å². The molecule has 0 amide bonds. The fraction of sp³-hybridized carbons (Fsp3) is 0.438. The van der Waals surface area contributed by atoms with Crippen molar-refractivity contribution in [3.8, 4) is 5.19 Å². The van der Waals surface area contributed by atoms with E-state index in [0.29, 0.717) is 11.8 Å². The van der Waals surface area contributed by atoms with Crippen LogP contribution in [0.4, 0.5) is 0 Å². The highest BCUT2D eigenvalue weighted by atomic mass is 32.1. The van der Waals surface area contributed by atoms with E-state index in [1.54, 1.807) is 6.20 Å². The molecule has 1 unspecified atom stereocenters. The van der Waals surface area contributed by atoms with E-state index in [1.807, 2.05) is 30.3 Å². The molecule has 1 aliphatic heterocycles. The lowest BCUT2D eigenvalue weighted by Gasteiger charge is -2.13. The van der Waals surface area contributed by atoms with E-state index < -0.39 is 6.10 Å². The van der Waals surface area contributed by atoms with Crippen molar-refractivity contribution in [1.29, 1.82) is 0 Å². The van der Waals surface area contributed by atoms with Gasteiger partial charge in [0, 0.05) is 12.7 Å². The van der Waals surface area contributed by atoms with E-state index in [2.05, 4.69) is 9.88 Å². The Morgan fingerprint density at radius 2 is 2.00 bits per heavy atom. The molecule has 0 aliphatic carbocycles. The summed E-state index contributed by atoms with van der Waals surface area (Å²) in [4.78, 5) is 7.47. The van der Waals surface area contributed by atoms with E-state index in [9.17, 15) is 5.11 Å². The van der Waals surface area contributed by atoms with Crippen molar-refractivity contribution in [2.75, 3.05) is 26.2 Å². The van der Waals surface area contributed by atoms with Gasteiger partial charge in [0.25, 0.3) is 5.19 Å². The van der Waals surface area contributed by atoms with Gasteiger partial charge in [0.05, 0.1) is 4.88 Å². The maximum absolute atomic E-state index is 10.3. The molecular weight excluding hydrogens is 284 g/mol. The van der Waals surface area contributed by atoms with Crippen LogP contribution in [0.5, 0.6) is 5.19 Å². The van der Waals surface area contributed by atoms with Crippen LogP contribution in [0.3, 0.4) is 0 Å². The monoisotopic (exact) mass is 304 g/mol. The van der Waals surface area contributed by atoms with Gasteiger partial charge in [-0.3, -0.25) is 4.90 Å². The fourth-order valence-electron chi connectivity index (χ4n) is 2.53. The number of rotatable bonds is 6. The molecule has 1 atom stereocenters. The number of hydrogen-bond donors (Lipinski definition) is 1. The molecule has 2 heterocycles. The van der Waals surface area contributed by atoms with Crippen LogP contribution >= 0.6 is 11.3 Å². The molecule has 1 aromatic carbocycles. The summed E-state index contributed by atoms with van der Waals surface area (Å²) in [6, 6.07) is 9.62. The van der Waals surface area contributed by atoms with Crippen LogP contribution in [0.15, 0.2) is 36.5 Å². The minimum Gasteiger partial charge on any atom is -0.469 e. The second-order valence-electron chi connectivity index (χ2n) is 5.24. The smallest absolute Gasteiger partial charge is 0.273 e. The van der Waals surface area contributed by atoms with Gasteiger partial charge in [-0.2, -0.15) is 0 Å². The van der Waals surface area contributed by atoms with E-state index in [4.69, 9.17) is 4.74 Å². The number of hydrogen-bond acceptors (Lipinski definition) is 5. The van der Waals surface area contributed by atoms with Gasteiger partial charge in [-0.15, -0.1) is 0 Å². The average Bonchev–Trinajstić information content (AvgIpc) is 3.19. The largest absolute Gasteiger partial charge is 0.469 e. The highest BCUT2D eigenvalue weighted by Crippen LogP contribution is 2.30. The highest BCUT2D eigenvalue weighted by molar-refractivity contribution is 7.13. The lowest BCUT2D eigenvalue weighted by molar-refractivity contribution is 0.224. The molecule has 0 bridgehead atoms. The van der Waals surface area contributed by atoms with E-state index in [0.717, 1.165) is 17.0 Å². The van der Waals surface area contributed by atoms with E-state index >= 15 is 0 Å². The Labute approximate surface area is 129 Å². The SMILES string of the molecule is OC(c1ccccc1)c1cnc(OCCN2CCCC2)s1. The number of aromatic nitrogens is 1.